The van der Waals surface area contributed by atoms with Crippen LogP contribution in [-0.2, 0) is 24.6 Å². The molecule has 7 heteroatoms. The average molecular weight is 367 g/mol. The molecule has 4 rings (SSSR count). The van der Waals surface area contributed by atoms with Gasteiger partial charge in [-0.2, -0.15) is 5.10 Å². The average Bonchev–Trinajstić information content (AvgIpc) is 3.24. The molecule has 0 unspecified atom stereocenters. The third-order valence-corrected chi connectivity index (χ3v) is 5.72. The molecular formula is C19H17N3O3S. The van der Waals surface area contributed by atoms with E-state index in [1.807, 2.05) is 18.2 Å². The number of ether oxygens (including phenoxy) is 1. The molecule has 0 radical (unpaired) electrons. The summed E-state index contributed by atoms with van der Waals surface area (Å²) in [7, 11) is 3.06. The molecule has 2 heterocycles. The van der Waals surface area contributed by atoms with Crippen LogP contribution in [0, 0.1) is 0 Å². The molecular weight excluding hydrogens is 350 g/mol. The first-order chi connectivity index (χ1) is 12.6. The highest BCUT2D eigenvalue weighted by Gasteiger charge is 2.30. The molecule has 0 fully saturated rings. The van der Waals surface area contributed by atoms with Gasteiger partial charge in [0.15, 0.2) is 0 Å². The number of thiophene rings is 1. The molecule has 0 atom stereocenters. The van der Waals surface area contributed by atoms with E-state index in [2.05, 4.69) is 16.5 Å². The van der Waals surface area contributed by atoms with Crippen LogP contribution >= 0.6 is 11.3 Å². The molecule has 26 heavy (non-hydrogen) atoms. The normalized spacial score (nSPS) is 12.2. The fraction of sp³-hybridized carbons (Fsp3) is 0.211. The fourth-order valence-corrected chi connectivity index (χ4v) is 4.51. The van der Waals surface area contributed by atoms with Gasteiger partial charge in [-0.1, -0.05) is 24.3 Å². The van der Waals surface area contributed by atoms with E-state index < -0.39 is 5.97 Å². The van der Waals surface area contributed by atoms with Crippen LogP contribution in [0.2, 0.25) is 0 Å². The third-order valence-electron chi connectivity index (χ3n) is 4.56. The Hall–Kier alpha value is -2.93. The zero-order valence-corrected chi connectivity index (χ0v) is 15.2. The summed E-state index contributed by atoms with van der Waals surface area (Å²) in [5, 5.41) is 7.41. The number of rotatable bonds is 3. The van der Waals surface area contributed by atoms with E-state index in [-0.39, 0.29) is 5.91 Å². The number of aromatic nitrogens is 2. The smallest absolute Gasteiger partial charge is 0.341 e. The van der Waals surface area contributed by atoms with E-state index >= 15 is 0 Å². The molecule has 0 aliphatic heterocycles. The van der Waals surface area contributed by atoms with Crippen molar-refractivity contribution in [2.45, 2.75) is 12.8 Å². The van der Waals surface area contributed by atoms with Gasteiger partial charge in [-0.15, -0.1) is 11.3 Å². The molecule has 1 aromatic carbocycles. The number of hydrogen-bond donors (Lipinski definition) is 1. The number of anilines is 1. The first kappa shape index (κ1) is 16.5. The molecule has 2 aromatic heterocycles. The maximum Gasteiger partial charge on any atom is 0.341 e. The quantitative estimate of drug-likeness (QED) is 0.721. The third kappa shape index (κ3) is 2.61. The summed E-state index contributed by atoms with van der Waals surface area (Å²) in [6, 6.07) is 9.68. The number of nitrogens with one attached hydrogen (secondary N) is 1. The second kappa shape index (κ2) is 6.42. The molecule has 0 bridgehead atoms. The number of benzene rings is 1. The van der Waals surface area contributed by atoms with E-state index in [4.69, 9.17) is 4.74 Å². The molecule has 1 aliphatic carbocycles. The topological polar surface area (TPSA) is 73.2 Å². The number of aryl methyl sites for hydroxylation is 3. The Balaban J connectivity index is 1.82. The zero-order valence-electron chi connectivity index (χ0n) is 14.4. The van der Waals surface area contributed by atoms with Crippen molar-refractivity contribution in [3.05, 3.63) is 58.2 Å². The van der Waals surface area contributed by atoms with Gasteiger partial charge in [0.05, 0.1) is 7.11 Å². The summed E-state index contributed by atoms with van der Waals surface area (Å²) in [5.41, 5.74) is 3.96. The van der Waals surface area contributed by atoms with Crippen molar-refractivity contribution < 1.29 is 14.3 Å². The minimum atomic E-state index is -0.445. The Kier molecular flexibility index (Phi) is 4.08. The van der Waals surface area contributed by atoms with Gasteiger partial charge >= 0.3 is 5.97 Å². The van der Waals surface area contributed by atoms with Gasteiger partial charge in [-0.25, -0.2) is 4.79 Å². The lowest BCUT2D eigenvalue weighted by Gasteiger charge is -2.17. The molecule has 1 aliphatic rings. The number of hydrogen-bond acceptors (Lipinski definition) is 5. The minimum Gasteiger partial charge on any atom is -0.465 e. The number of nitrogens with zero attached hydrogens (tertiary/aromatic N) is 2. The highest BCUT2D eigenvalue weighted by atomic mass is 32.1. The first-order valence-corrected chi connectivity index (χ1v) is 9.03. The van der Waals surface area contributed by atoms with Crippen molar-refractivity contribution in [2.24, 2.45) is 7.05 Å². The van der Waals surface area contributed by atoms with Gasteiger partial charge in [-0.3, -0.25) is 9.48 Å². The van der Waals surface area contributed by atoms with Crippen LogP contribution in [0.5, 0.6) is 0 Å². The van der Waals surface area contributed by atoms with Crippen LogP contribution in [0.1, 0.15) is 31.3 Å². The summed E-state index contributed by atoms with van der Waals surface area (Å²) in [6.07, 6.45) is 3.31. The number of carbonyl (C=O) groups excluding carboxylic acids is 2. The number of methoxy groups -OCH3 is 1. The lowest BCUT2D eigenvalue weighted by atomic mass is 9.88. The largest absolute Gasteiger partial charge is 0.465 e. The number of fused-ring (bicyclic) bond motifs is 3. The Bertz CT molecular complexity index is 1020. The monoisotopic (exact) mass is 367 g/mol. The van der Waals surface area contributed by atoms with E-state index in [1.165, 1.54) is 28.7 Å². The molecule has 0 saturated heterocycles. The van der Waals surface area contributed by atoms with E-state index in [1.54, 1.807) is 19.3 Å². The van der Waals surface area contributed by atoms with Crippen molar-refractivity contribution in [1.82, 2.24) is 9.78 Å². The highest BCUT2D eigenvalue weighted by molar-refractivity contribution is 7.17. The molecule has 0 saturated carbocycles. The van der Waals surface area contributed by atoms with Crippen LogP contribution < -0.4 is 5.32 Å². The summed E-state index contributed by atoms with van der Waals surface area (Å²) < 4.78 is 6.51. The standard InChI is InChI=1S/C19H17N3O3S/c1-22-13(9-10-20-22)17(23)21-18-16(19(24)25-2)15-12-6-4-3-5-11(12)7-8-14(15)26-18/h3-6,9-10H,7-8H2,1-2H3,(H,21,23). The molecule has 1 amide bonds. The van der Waals surface area contributed by atoms with Crippen molar-refractivity contribution in [3.8, 4) is 11.1 Å². The summed E-state index contributed by atoms with van der Waals surface area (Å²) in [4.78, 5) is 26.2. The van der Waals surface area contributed by atoms with E-state index in [0.717, 1.165) is 28.8 Å². The predicted octanol–water partition coefficient (Wildman–Crippen LogP) is 3.29. The van der Waals surface area contributed by atoms with Gasteiger partial charge in [0, 0.05) is 23.7 Å². The molecule has 6 nitrogen and oxygen atoms in total. The molecule has 0 spiro atoms. The lowest BCUT2D eigenvalue weighted by Crippen LogP contribution is -2.17. The number of esters is 1. The Morgan fingerprint density at radius 3 is 2.77 bits per heavy atom. The van der Waals surface area contributed by atoms with Crippen molar-refractivity contribution >= 4 is 28.2 Å². The molecule has 1 N–H and O–H groups in total. The van der Waals surface area contributed by atoms with Crippen LogP contribution in [0.25, 0.3) is 11.1 Å². The van der Waals surface area contributed by atoms with E-state index in [9.17, 15) is 9.59 Å². The Labute approximate surface area is 154 Å². The van der Waals surface area contributed by atoms with Crippen molar-refractivity contribution in [2.75, 3.05) is 12.4 Å². The number of carbonyl (C=O) groups is 2. The fourth-order valence-electron chi connectivity index (χ4n) is 3.32. The SMILES string of the molecule is COC(=O)c1c(NC(=O)c2ccnn2C)sc2c1-c1ccccc1CC2. The molecule has 132 valence electrons. The maximum atomic E-state index is 12.6. The Morgan fingerprint density at radius 1 is 1.23 bits per heavy atom. The van der Waals surface area contributed by atoms with Crippen LogP contribution in [-0.4, -0.2) is 28.8 Å². The summed E-state index contributed by atoms with van der Waals surface area (Å²) >= 11 is 1.44. The second-order valence-corrected chi connectivity index (χ2v) is 7.15. The van der Waals surface area contributed by atoms with Crippen LogP contribution in [0.15, 0.2) is 36.5 Å². The van der Waals surface area contributed by atoms with Gasteiger partial charge in [0.2, 0.25) is 0 Å². The predicted molar refractivity (Wildman–Crippen MR) is 99.7 cm³/mol. The van der Waals surface area contributed by atoms with Gasteiger partial charge in [0.25, 0.3) is 5.91 Å². The van der Waals surface area contributed by atoms with Crippen molar-refractivity contribution in [3.63, 3.8) is 0 Å². The van der Waals surface area contributed by atoms with E-state index in [0.29, 0.717) is 16.3 Å². The number of amides is 1. The maximum absolute atomic E-state index is 12.6. The van der Waals surface area contributed by atoms with Gasteiger partial charge in [0.1, 0.15) is 16.3 Å². The Morgan fingerprint density at radius 2 is 2.04 bits per heavy atom. The zero-order chi connectivity index (χ0) is 18.3. The van der Waals surface area contributed by atoms with Crippen molar-refractivity contribution in [1.29, 1.82) is 0 Å². The molecule has 3 aromatic rings. The van der Waals surface area contributed by atoms with Gasteiger partial charge < -0.3 is 10.1 Å². The first-order valence-electron chi connectivity index (χ1n) is 8.21. The summed E-state index contributed by atoms with van der Waals surface area (Å²) in [6.45, 7) is 0. The van der Waals surface area contributed by atoms with Crippen LogP contribution in [0.4, 0.5) is 5.00 Å². The summed E-state index contributed by atoms with van der Waals surface area (Å²) in [5.74, 6) is -0.749. The van der Waals surface area contributed by atoms with Gasteiger partial charge in [-0.05, 0) is 30.0 Å². The minimum absolute atomic E-state index is 0.304. The second-order valence-electron chi connectivity index (χ2n) is 6.05. The van der Waals surface area contributed by atoms with Crippen LogP contribution in [0.3, 0.4) is 0 Å². The highest BCUT2D eigenvalue weighted by Crippen LogP contribution is 2.45. The lowest BCUT2D eigenvalue weighted by molar-refractivity contribution is 0.0603.